The van der Waals surface area contributed by atoms with Gasteiger partial charge in [-0.25, -0.2) is 0 Å². The zero-order chi connectivity index (χ0) is 13.7. The fourth-order valence-corrected chi connectivity index (χ4v) is 2.03. The Labute approximate surface area is 112 Å². The van der Waals surface area contributed by atoms with E-state index in [1.165, 1.54) is 0 Å². The Hall–Kier alpha value is -2.07. The van der Waals surface area contributed by atoms with E-state index < -0.39 is 0 Å². The van der Waals surface area contributed by atoms with Crippen LogP contribution in [0, 0.1) is 6.92 Å². The van der Waals surface area contributed by atoms with Crippen LogP contribution < -0.4 is 0 Å². The van der Waals surface area contributed by atoms with Gasteiger partial charge in [-0.15, -0.1) is 0 Å². The first-order valence-corrected chi connectivity index (χ1v) is 6.30. The van der Waals surface area contributed by atoms with E-state index in [1.54, 1.807) is 17.2 Å². The average molecular weight is 258 g/mol. The Bertz CT molecular complexity index is 534. The quantitative estimate of drug-likeness (QED) is 0.861. The van der Waals surface area contributed by atoms with Crippen molar-refractivity contribution in [2.24, 2.45) is 0 Å². The summed E-state index contributed by atoms with van der Waals surface area (Å²) < 4.78 is 0. The normalized spacial score (nSPS) is 10.4. The molecule has 4 nitrogen and oxygen atoms in total. The monoisotopic (exact) mass is 258 g/mol. The summed E-state index contributed by atoms with van der Waals surface area (Å²) in [5.74, 6) is -0.0587. The standard InChI is InChI=1S/C15H18N2O2/c1-12-14(7-8-16-12)15(19)17(9-10-18)11-13-5-3-2-4-6-13/h2-8,16,18H,9-11H2,1H3. The van der Waals surface area contributed by atoms with Crippen LogP contribution in [0.1, 0.15) is 21.6 Å². The molecule has 0 atom stereocenters. The van der Waals surface area contributed by atoms with Gasteiger partial charge in [-0.3, -0.25) is 4.79 Å². The Balaban J connectivity index is 2.16. The van der Waals surface area contributed by atoms with E-state index in [1.807, 2.05) is 37.3 Å². The van der Waals surface area contributed by atoms with Crippen molar-refractivity contribution in [1.29, 1.82) is 0 Å². The average Bonchev–Trinajstić information content (AvgIpc) is 2.85. The number of benzene rings is 1. The number of aromatic nitrogens is 1. The van der Waals surface area contributed by atoms with Crippen LogP contribution in [-0.4, -0.2) is 34.0 Å². The molecule has 0 radical (unpaired) electrons. The van der Waals surface area contributed by atoms with Gasteiger partial charge in [0.05, 0.1) is 12.2 Å². The predicted molar refractivity (Wildman–Crippen MR) is 73.8 cm³/mol. The molecule has 2 N–H and O–H groups in total. The number of aliphatic hydroxyl groups excluding tert-OH is 1. The lowest BCUT2D eigenvalue weighted by molar-refractivity contribution is 0.0707. The van der Waals surface area contributed by atoms with Crippen molar-refractivity contribution in [3.8, 4) is 0 Å². The minimum Gasteiger partial charge on any atom is -0.395 e. The number of aryl methyl sites for hydroxylation is 1. The van der Waals surface area contributed by atoms with Gasteiger partial charge in [-0.05, 0) is 18.6 Å². The third kappa shape index (κ3) is 3.23. The summed E-state index contributed by atoms with van der Waals surface area (Å²) in [6.45, 7) is 2.66. The maximum atomic E-state index is 12.4. The van der Waals surface area contributed by atoms with Crippen LogP contribution in [0.2, 0.25) is 0 Å². The van der Waals surface area contributed by atoms with Crippen LogP contribution >= 0.6 is 0 Å². The Kier molecular flexibility index (Phi) is 4.36. The third-order valence-corrected chi connectivity index (χ3v) is 3.06. The van der Waals surface area contributed by atoms with E-state index in [0.717, 1.165) is 11.3 Å². The largest absolute Gasteiger partial charge is 0.395 e. The molecule has 100 valence electrons. The topological polar surface area (TPSA) is 56.3 Å². The Morgan fingerprint density at radius 3 is 2.58 bits per heavy atom. The maximum absolute atomic E-state index is 12.4. The van der Waals surface area contributed by atoms with Crippen molar-refractivity contribution in [3.63, 3.8) is 0 Å². The highest BCUT2D eigenvalue weighted by atomic mass is 16.3. The van der Waals surface area contributed by atoms with Crippen LogP contribution in [0.5, 0.6) is 0 Å². The number of nitrogens with zero attached hydrogens (tertiary/aromatic N) is 1. The SMILES string of the molecule is Cc1[nH]ccc1C(=O)N(CCO)Cc1ccccc1. The highest BCUT2D eigenvalue weighted by Gasteiger charge is 2.17. The minimum atomic E-state index is -0.0587. The van der Waals surface area contributed by atoms with E-state index in [0.29, 0.717) is 18.7 Å². The summed E-state index contributed by atoms with van der Waals surface area (Å²) in [6.07, 6.45) is 1.75. The number of hydrogen-bond donors (Lipinski definition) is 2. The molecule has 0 spiro atoms. The number of H-pyrrole nitrogens is 1. The van der Waals surface area contributed by atoms with Crippen molar-refractivity contribution in [2.75, 3.05) is 13.2 Å². The van der Waals surface area contributed by atoms with Crippen molar-refractivity contribution in [3.05, 3.63) is 59.4 Å². The van der Waals surface area contributed by atoms with E-state index >= 15 is 0 Å². The van der Waals surface area contributed by atoms with Gasteiger partial charge in [-0.2, -0.15) is 0 Å². The molecule has 2 rings (SSSR count). The number of carbonyl (C=O) groups excluding carboxylic acids is 1. The van der Waals surface area contributed by atoms with Crippen LogP contribution in [0.4, 0.5) is 0 Å². The molecule has 19 heavy (non-hydrogen) atoms. The summed E-state index contributed by atoms with van der Waals surface area (Å²) in [4.78, 5) is 17.1. The van der Waals surface area contributed by atoms with E-state index in [9.17, 15) is 4.79 Å². The Morgan fingerprint density at radius 1 is 1.26 bits per heavy atom. The number of carbonyl (C=O) groups is 1. The molecular weight excluding hydrogens is 240 g/mol. The fourth-order valence-electron chi connectivity index (χ4n) is 2.03. The van der Waals surface area contributed by atoms with Gasteiger partial charge in [0, 0.05) is 25.0 Å². The van der Waals surface area contributed by atoms with Gasteiger partial charge in [0.1, 0.15) is 0 Å². The zero-order valence-electron chi connectivity index (χ0n) is 11.0. The number of hydrogen-bond acceptors (Lipinski definition) is 2. The van der Waals surface area contributed by atoms with E-state index in [-0.39, 0.29) is 12.5 Å². The number of amides is 1. The highest BCUT2D eigenvalue weighted by molar-refractivity contribution is 5.95. The number of aromatic amines is 1. The zero-order valence-corrected chi connectivity index (χ0v) is 11.0. The van der Waals surface area contributed by atoms with Crippen molar-refractivity contribution >= 4 is 5.91 Å². The van der Waals surface area contributed by atoms with Gasteiger partial charge in [0.25, 0.3) is 5.91 Å². The molecule has 0 aliphatic rings. The lowest BCUT2D eigenvalue weighted by Crippen LogP contribution is -2.33. The second kappa shape index (κ2) is 6.20. The molecule has 0 aliphatic carbocycles. The molecule has 0 bridgehead atoms. The van der Waals surface area contributed by atoms with Gasteiger partial charge in [0.2, 0.25) is 0 Å². The van der Waals surface area contributed by atoms with Gasteiger partial charge < -0.3 is 15.0 Å². The molecular formula is C15H18N2O2. The second-order valence-corrected chi connectivity index (χ2v) is 4.45. The van der Waals surface area contributed by atoms with Crippen LogP contribution in [0.3, 0.4) is 0 Å². The Morgan fingerprint density at radius 2 is 2.00 bits per heavy atom. The number of rotatable bonds is 5. The molecule has 2 aromatic rings. The summed E-state index contributed by atoms with van der Waals surface area (Å²) in [6, 6.07) is 11.5. The molecule has 0 unspecified atom stereocenters. The van der Waals surface area contributed by atoms with Gasteiger partial charge in [-0.1, -0.05) is 30.3 Å². The summed E-state index contributed by atoms with van der Waals surface area (Å²) >= 11 is 0. The predicted octanol–water partition coefficient (Wildman–Crippen LogP) is 1.96. The molecule has 1 amide bonds. The highest BCUT2D eigenvalue weighted by Crippen LogP contribution is 2.12. The summed E-state index contributed by atoms with van der Waals surface area (Å²) in [7, 11) is 0. The van der Waals surface area contributed by atoms with Crippen molar-refractivity contribution in [1.82, 2.24) is 9.88 Å². The molecule has 4 heteroatoms. The van der Waals surface area contributed by atoms with E-state index in [4.69, 9.17) is 5.11 Å². The fraction of sp³-hybridized carbons (Fsp3) is 0.267. The third-order valence-electron chi connectivity index (χ3n) is 3.06. The molecule has 0 fully saturated rings. The van der Waals surface area contributed by atoms with Crippen molar-refractivity contribution in [2.45, 2.75) is 13.5 Å². The van der Waals surface area contributed by atoms with Crippen molar-refractivity contribution < 1.29 is 9.90 Å². The molecule has 1 aromatic heterocycles. The molecule has 0 saturated carbocycles. The minimum absolute atomic E-state index is 0.0396. The summed E-state index contributed by atoms with van der Waals surface area (Å²) in [5.41, 5.74) is 2.56. The van der Waals surface area contributed by atoms with Crippen LogP contribution in [0.15, 0.2) is 42.6 Å². The number of nitrogens with one attached hydrogen (secondary N) is 1. The first-order chi connectivity index (χ1) is 9.22. The van der Waals surface area contributed by atoms with Gasteiger partial charge in [0.15, 0.2) is 0 Å². The maximum Gasteiger partial charge on any atom is 0.256 e. The van der Waals surface area contributed by atoms with Gasteiger partial charge >= 0.3 is 0 Å². The van der Waals surface area contributed by atoms with Crippen LogP contribution in [-0.2, 0) is 6.54 Å². The number of aliphatic hydroxyl groups is 1. The lowest BCUT2D eigenvalue weighted by Gasteiger charge is -2.21. The molecule has 1 aromatic carbocycles. The smallest absolute Gasteiger partial charge is 0.256 e. The molecule has 0 saturated heterocycles. The first kappa shape index (κ1) is 13.4. The van der Waals surface area contributed by atoms with Crippen LogP contribution in [0.25, 0.3) is 0 Å². The molecule has 1 heterocycles. The first-order valence-electron chi connectivity index (χ1n) is 6.30. The second-order valence-electron chi connectivity index (χ2n) is 4.45. The summed E-state index contributed by atoms with van der Waals surface area (Å²) in [5, 5.41) is 9.13. The van der Waals surface area contributed by atoms with E-state index in [2.05, 4.69) is 4.98 Å². The lowest BCUT2D eigenvalue weighted by atomic mass is 10.1. The molecule has 0 aliphatic heterocycles.